The Morgan fingerprint density at radius 1 is 1.37 bits per heavy atom. The van der Waals surface area contributed by atoms with Gasteiger partial charge in [0.05, 0.1) is 0 Å². The Bertz CT molecular complexity index is 438. The fourth-order valence-corrected chi connectivity index (χ4v) is 3.19. The summed E-state index contributed by atoms with van der Waals surface area (Å²) in [4.78, 5) is 4.82. The maximum Gasteiger partial charge on any atom is 0.120 e. The second kappa shape index (κ2) is 6.12. The van der Waals surface area contributed by atoms with Gasteiger partial charge in [-0.2, -0.15) is 0 Å². The quantitative estimate of drug-likeness (QED) is 0.903. The van der Waals surface area contributed by atoms with Crippen molar-refractivity contribution in [2.75, 3.05) is 26.7 Å². The van der Waals surface area contributed by atoms with Gasteiger partial charge in [-0.25, -0.2) is 0 Å². The zero-order valence-electron chi connectivity index (χ0n) is 11.9. The van der Waals surface area contributed by atoms with Crippen LogP contribution in [0.4, 0.5) is 0 Å². The van der Waals surface area contributed by atoms with E-state index >= 15 is 0 Å². The first-order chi connectivity index (χ1) is 8.99. The smallest absolute Gasteiger partial charge is 0.120 e. The number of phenolic OH excluding ortho intramolecular Hbond substituents is 1. The van der Waals surface area contributed by atoms with Crippen molar-refractivity contribution < 1.29 is 5.11 Å². The molecule has 3 nitrogen and oxygen atoms in total. The molecule has 1 N–H and O–H groups in total. The van der Waals surface area contributed by atoms with E-state index < -0.39 is 0 Å². The molecule has 1 aliphatic rings. The molecular formula is C15H23ClN2O. The molecule has 4 heteroatoms. The average molecular weight is 283 g/mol. The molecule has 0 bridgehead atoms. The number of aromatic hydroxyl groups is 1. The van der Waals surface area contributed by atoms with Crippen molar-refractivity contribution in [1.29, 1.82) is 0 Å². The highest BCUT2D eigenvalue weighted by Gasteiger charge is 2.26. The van der Waals surface area contributed by atoms with Crippen molar-refractivity contribution in [2.45, 2.75) is 32.4 Å². The van der Waals surface area contributed by atoms with Crippen LogP contribution in [0.15, 0.2) is 18.2 Å². The van der Waals surface area contributed by atoms with E-state index in [0.29, 0.717) is 16.8 Å². The van der Waals surface area contributed by atoms with Crippen LogP contribution in [0.3, 0.4) is 0 Å². The predicted octanol–water partition coefficient (Wildman–Crippen LogP) is 3.13. The molecule has 0 radical (unpaired) electrons. The normalized spacial score (nSPS) is 24.1. The highest BCUT2D eigenvalue weighted by Crippen LogP contribution is 2.32. The Hall–Kier alpha value is -0.770. The molecule has 1 aliphatic heterocycles. The summed E-state index contributed by atoms with van der Waals surface area (Å²) in [7, 11) is 2.17. The summed E-state index contributed by atoms with van der Waals surface area (Å²) in [6.07, 6.45) is 1.16. The molecule has 1 fully saturated rings. The van der Waals surface area contributed by atoms with Crippen LogP contribution < -0.4 is 0 Å². The summed E-state index contributed by atoms with van der Waals surface area (Å²) < 4.78 is 0. The third kappa shape index (κ3) is 3.41. The van der Waals surface area contributed by atoms with E-state index in [0.717, 1.165) is 31.6 Å². The number of likely N-dealkylation sites (N-methyl/N-ethyl adjacent to an activating group) is 1. The molecule has 0 spiro atoms. The van der Waals surface area contributed by atoms with Crippen molar-refractivity contribution in [1.82, 2.24) is 9.80 Å². The Kier molecular flexibility index (Phi) is 4.71. The van der Waals surface area contributed by atoms with Crippen LogP contribution in [0.5, 0.6) is 5.75 Å². The van der Waals surface area contributed by atoms with Gasteiger partial charge in [-0.3, -0.25) is 4.90 Å². The SMILES string of the molecule is CC1CN(C)CCCN1C(C)c1cc(Cl)ccc1O. The van der Waals surface area contributed by atoms with E-state index in [1.54, 1.807) is 12.1 Å². The van der Waals surface area contributed by atoms with Crippen LogP contribution in [-0.2, 0) is 0 Å². The predicted molar refractivity (Wildman–Crippen MR) is 79.8 cm³/mol. The zero-order chi connectivity index (χ0) is 14.0. The monoisotopic (exact) mass is 282 g/mol. The molecule has 1 aromatic rings. The number of nitrogens with zero attached hydrogens (tertiary/aromatic N) is 2. The minimum Gasteiger partial charge on any atom is -0.508 e. The largest absolute Gasteiger partial charge is 0.508 e. The molecule has 0 aliphatic carbocycles. The molecule has 2 rings (SSSR count). The summed E-state index contributed by atoms with van der Waals surface area (Å²) in [6, 6.07) is 5.94. The lowest BCUT2D eigenvalue weighted by Crippen LogP contribution is -2.39. The van der Waals surface area contributed by atoms with Crippen molar-refractivity contribution in [3.8, 4) is 5.75 Å². The fourth-order valence-electron chi connectivity index (χ4n) is 3.00. The molecule has 0 aromatic heterocycles. The lowest BCUT2D eigenvalue weighted by atomic mass is 10.0. The molecule has 1 saturated heterocycles. The van der Waals surface area contributed by atoms with Crippen LogP contribution in [0.25, 0.3) is 0 Å². The molecule has 19 heavy (non-hydrogen) atoms. The van der Waals surface area contributed by atoms with E-state index in [1.807, 2.05) is 6.07 Å². The summed E-state index contributed by atoms with van der Waals surface area (Å²) >= 11 is 6.05. The molecule has 106 valence electrons. The second-order valence-corrected chi connectivity index (χ2v) is 6.02. The van der Waals surface area contributed by atoms with Gasteiger partial charge in [0, 0.05) is 35.8 Å². The average Bonchev–Trinajstić information content (AvgIpc) is 2.52. The van der Waals surface area contributed by atoms with Crippen molar-refractivity contribution in [3.63, 3.8) is 0 Å². The van der Waals surface area contributed by atoms with E-state index in [9.17, 15) is 5.11 Å². The van der Waals surface area contributed by atoms with E-state index in [2.05, 4.69) is 30.7 Å². The number of hydrogen-bond acceptors (Lipinski definition) is 3. The summed E-state index contributed by atoms with van der Waals surface area (Å²) in [6.45, 7) is 7.65. The lowest BCUT2D eigenvalue weighted by Gasteiger charge is -2.34. The minimum atomic E-state index is 0.181. The van der Waals surface area contributed by atoms with Crippen LogP contribution in [0, 0.1) is 0 Å². The molecule has 0 saturated carbocycles. The summed E-state index contributed by atoms with van der Waals surface area (Å²) in [5.74, 6) is 0.335. The molecule has 2 unspecified atom stereocenters. The first-order valence-corrected chi connectivity index (χ1v) is 7.29. The maximum absolute atomic E-state index is 10.0. The zero-order valence-corrected chi connectivity index (χ0v) is 12.7. The van der Waals surface area contributed by atoms with Gasteiger partial charge in [-0.05, 0) is 52.1 Å². The van der Waals surface area contributed by atoms with Crippen LogP contribution in [0.1, 0.15) is 31.9 Å². The van der Waals surface area contributed by atoms with Gasteiger partial charge >= 0.3 is 0 Å². The van der Waals surface area contributed by atoms with Crippen LogP contribution >= 0.6 is 11.6 Å². The molecular weight excluding hydrogens is 260 g/mol. The maximum atomic E-state index is 10.0. The first-order valence-electron chi connectivity index (χ1n) is 6.91. The number of phenols is 1. The van der Waals surface area contributed by atoms with Crippen molar-refractivity contribution in [3.05, 3.63) is 28.8 Å². The van der Waals surface area contributed by atoms with E-state index in [-0.39, 0.29) is 6.04 Å². The number of hydrogen-bond donors (Lipinski definition) is 1. The number of rotatable bonds is 2. The first kappa shape index (κ1) is 14.6. The molecule has 2 atom stereocenters. The Morgan fingerprint density at radius 2 is 2.11 bits per heavy atom. The number of benzene rings is 1. The van der Waals surface area contributed by atoms with Gasteiger partial charge in [0.2, 0.25) is 0 Å². The van der Waals surface area contributed by atoms with Gasteiger partial charge in [0.15, 0.2) is 0 Å². The molecule has 1 aromatic carbocycles. The van der Waals surface area contributed by atoms with E-state index in [4.69, 9.17) is 11.6 Å². The van der Waals surface area contributed by atoms with Crippen molar-refractivity contribution >= 4 is 11.6 Å². The lowest BCUT2D eigenvalue weighted by molar-refractivity contribution is 0.151. The van der Waals surface area contributed by atoms with Crippen molar-refractivity contribution in [2.24, 2.45) is 0 Å². The molecule has 0 amide bonds. The summed E-state index contributed by atoms with van der Waals surface area (Å²) in [5, 5.41) is 10.7. The van der Waals surface area contributed by atoms with Gasteiger partial charge in [-0.15, -0.1) is 0 Å². The highest BCUT2D eigenvalue weighted by atomic mass is 35.5. The Morgan fingerprint density at radius 3 is 2.84 bits per heavy atom. The van der Waals surface area contributed by atoms with Gasteiger partial charge in [-0.1, -0.05) is 11.6 Å². The third-order valence-corrected chi connectivity index (χ3v) is 4.27. The Labute approximate surface area is 120 Å². The number of halogens is 1. The third-order valence-electron chi connectivity index (χ3n) is 4.04. The van der Waals surface area contributed by atoms with Gasteiger partial charge in [0.1, 0.15) is 5.75 Å². The Balaban J connectivity index is 2.22. The molecule has 1 heterocycles. The standard InChI is InChI=1S/C15H23ClN2O/c1-11-10-17(3)7-4-8-18(11)12(2)14-9-13(16)5-6-15(14)19/h5-6,9,11-12,19H,4,7-8,10H2,1-3H3. The van der Waals surface area contributed by atoms with E-state index in [1.165, 1.54) is 0 Å². The fraction of sp³-hybridized carbons (Fsp3) is 0.600. The topological polar surface area (TPSA) is 26.7 Å². The van der Waals surface area contributed by atoms with Gasteiger partial charge in [0.25, 0.3) is 0 Å². The van der Waals surface area contributed by atoms with Crippen LogP contribution in [-0.4, -0.2) is 47.6 Å². The van der Waals surface area contributed by atoms with Crippen LogP contribution in [0.2, 0.25) is 5.02 Å². The highest BCUT2D eigenvalue weighted by molar-refractivity contribution is 6.30. The minimum absolute atomic E-state index is 0.181. The second-order valence-electron chi connectivity index (χ2n) is 5.58. The van der Waals surface area contributed by atoms with Gasteiger partial charge < -0.3 is 10.0 Å². The summed E-state index contributed by atoms with van der Waals surface area (Å²) in [5.41, 5.74) is 0.920.